The van der Waals surface area contributed by atoms with Crippen molar-refractivity contribution in [1.29, 1.82) is 5.41 Å². The van der Waals surface area contributed by atoms with Gasteiger partial charge in [-0.25, -0.2) is 0 Å². The zero-order valence-electron chi connectivity index (χ0n) is 7.18. The van der Waals surface area contributed by atoms with Crippen LogP contribution in [0.2, 0.25) is 0 Å². The second-order valence-electron chi connectivity index (χ2n) is 3.46. The lowest BCUT2D eigenvalue weighted by molar-refractivity contribution is 0.492. The maximum Gasteiger partial charge on any atom is 0.104 e. The first-order valence-electron chi connectivity index (χ1n) is 4.10. The molecule has 0 radical (unpaired) electrons. The summed E-state index contributed by atoms with van der Waals surface area (Å²) in [5, 5.41) is 10.6. The molecule has 1 fully saturated rings. The lowest BCUT2D eigenvalue weighted by Gasteiger charge is -2.25. The quantitative estimate of drug-likeness (QED) is 0.665. The van der Waals surface area contributed by atoms with Crippen molar-refractivity contribution in [2.75, 3.05) is 11.5 Å². The third kappa shape index (κ3) is 3.14. The standard InChI is InChI=1S/C8H16N2S/c1-6(2)3-7-4-11-5-8(9)10-7/h6-7H,3-5H2,1-2H3,(H2,9,10)/t7-/m1/s1. The van der Waals surface area contributed by atoms with Crippen molar-refractivity contribution in [3.63, 3.8) is 0 Å². The molecule has 11 heavy (non-hydrogen) atoms. The average molecular weight is 172 g/mol. The number of rotatable bonds is 2. The van der Waals surface area contributed by atoms with Crippen molar-refractivity contribution >= 4 is 17.6 Å². The third-order valence-electron chi connectivity index (χ3n) is 1.70. The molecule has 0 spiro atoms. The van der Waals surface area contributed by atoms with Crippen molar-refractivity contribution in [3.8, 4) is 0 Å². The van der Waals surface area contributed by atoms with Gasteiger partial charge in [0, 0.05) is 11.8 Å². The lowest BCUT2D eigenvalue weighted by Crippen LogP contribution is -2.42. The van der Waals surface area contributed by atoms with E-state index in [1.165, 1.54) is 12.2 Å². The predicted molar refractivity (Wildman–Crippen MR) is 51.4 cm³/mol. The van der Waals surface area contributed by atoms with E-state index < -0.39 is 0 Å². The molecule has 0 saturated carbocycles. The molecule has 2 nitrogen and oxygen atoms in total. The van der Waals surface area contributed by atoms with Crippen molar-refractivity contribution in [2.24, 2.45) is 5.92 Å². The Morgan fingerprint density at radius 2 is 2.45 bits per heavy atom. The van der Waals surface area contributed by atoms with Gasteiger partial charge in [0.15, 0.2) is 0 Å². The normalized spacial score (nSPS) is 25.4. The fourth-order valence-corrected chi connectivity index (χ4v) is 2.24. The van der Waals surface area contributed by atoms with Crippen LogP contribution in [0.1, 0.15) is 20.3 Å². The minimum Gasteiger partial charge on any atom is -0.370 e. The van der Waals surface area contributed by atoms with Gasteiger partial charge in [-0.05, 0) is 12.3 Å². The Morgan fingerprint density at radius 1 is 1.73 bits per heavy atom. The maximum absolute atomic E-state index is 7.43. The average Bonchev–Trinajstić information content (AvgIpc) is 1.85. The lowest BCUT2D eigenvalue weighted by atomic mass is 10.1. The summed E-state index contributed by atoms with van der Waals surface area (Å²) in [5.74, 6) is 3.47. The SMILES string of the molecule is CC(C)C[C@@H]1CSCC(=N)N1. The molecule has 0 aromatic rings. The summed E-state index contributed by atoms with van der Waals surface area (Å²) in [6.07, 6.45) is 1.19. The first-order chi connectivity index (χ1) is 5.18. The van der Waals surface area contributed by atoms with Crippen molar-refractivity contribution < 1.29 is 0 Å². The van der Waals surface area contributed by atoms with Crippen LogP contribution < -0.4 is 5.32 Å². The summed E-state index contributed by atoms with van der Waals surface area (Å²) in [6, 6.07) is 0.543. The molecule has 1 heterocycles. The molecule has 1 aliphatic rings. The topological polar surface area (TPSA) is 35.9 Å². The minimum atomic E-state index is 0.543. The van der Waals surface area contributed by atoms with E-state index in [1.807, 2.05) is 11.8 Å². The Bertz CT molecular complexity index is 145. The molecule has 0 aliphatic carbocycles. The molecule has 0 unspecified atom stereocenters. The van der Waals surface area contributed by atoms with E-state index in [0.29, 0.717) is 11.9 Å². The molecule has 3 heteroatoms. The predicted octanol–water partition coefficient (Wildman–Crippen LogP) is 1.71. The van der Waals surface area contributed by atoms with E-state index in [-0.39, 0.29) is 0 Å². The summed E-state index contributed by atoms with van der Waals surface area (Å²) < 4.78 is 0. The number of hydrogen-bond acceptors (Lipinski definition) is 2. The van der Waals surface area contributed by atoms with E-state index in [1.54, 1.807) is 0 Å². The van der Waals surface area contributed by atoms with Crippen LogP contribution in [-0.2, 0) is 0 Å². The second kappa shape index (κ2) is 4.00. The number of thioether (sulfide) groups is 1. The summed E-state index contributed by atoms with van der Waals surface area (Å²) in [6.45, 7) is 4.45. The van der Waals surface area contributed by atoms with E-state index in [2.05, 4.69) is 19.2 Å². The van der Waals surface area contributed by atoms with E-state index in [9.17, 15) is 0 Å². The van der Waals surface area contributed by atoms with Crippen molar-refractivity contribution in [1.82, 2.24) is 5.32 Å². The number of nitrogens with one attached hydrogen (secondary N) is 2. The summed E-state index contributed by atoms with van der Waals surface area (Å²) in [5.41, 5.74) is 0. The molecule has 1 saturated heterocycles. The monoisotopic (exact) mass is 172 g/mol. The molecule has 0 amide bonds. The van der Waals surface area contributed by atoms with Crippen molar-refractivity contribution in [3.05, 3.63) is 0 Å². The van der Waals surface area contributed by atoms with Gasteiger partial charge >= 0.3 is 0 Å². The first kappa shape index (κ1) is 8.91. The molecule has 64 valence electrons. The molecule has 1 atom stereocenters. The van der Waals surface area contributed by atoms with Gasteiger partial charge in [0.25, 0.3) is 0 Å². The fourth-order valence-electron chi connectivity index (χ4n) is 1.33. The van der Waals surface area contributed by atoms with Gasteiger partial charge in [-0.15, -0.1) is 0 Å². The Hall–Kier alpha value is -0.180. The van der Waals surface area contributed by atoms with E-state index in [4.69, 9.17) is 5.41 Å². The molecule has 2 N–H and O–H groups in total. The molecule has 0 aromatic heterocycles. The van der Waals surface area contributed by atoms with Gasteiger partial charge in [-0.2, -0.15) is 11.8 Å². The zero-order valence-corrected chi connectivity index (χ0v) is 8.00. The number of hydrogen-bond donors (Lipinski definition) is 2. The van der Waals surface area contributed by atoms with Gasteiger partial charge in [0.1, 0.15) is 5.84 Å². The van der Waals surface area contributed by atoms with Crippen LogP contribution in [0.25, 0.3) is 0 Å². The van der Waals surface area contributed by atoms with Gasteiger partial charge in [-0.1, -0.05) is 13.8 Å². The summed E-state index contributed by atoms with van der Waals surface area (Å²) in [7, 11) is 0. The third-order valence-corrected chi connectivity index (χ3v) is 2.83. The Balaban J connectivity index is 2.28. The van der Waals surface area contributed by atoms with Gasteiger partial charge < -0.3 is 5.32 Å². The highest BCUT2D eigenvalue weighted by Gasteiger charge is 2.16. The molecule has 0 bridgehead atoms. The molecular formula is C8H16N2S. The minimum absolute atomic E-state index is 0.543. The summed E-state index contributed by atoms with van der Waals surface area (Å²) >= 11 is 1.87. The zero-order chi connectivity index (χ0) is 8.27. The molecule has 0 aromatic carbocycles. The Labute approximate surface area is 72.6 Å². The number of amidine groups is 1. The molecule has 1 aliphatic heterocycles. The van der Waals surface area contributed by atoms with Gasteiger partial charge in [0.2, 0.25) is 0 Å². The smallest absolute Gasteiger partial charge is 0.104 e. The van der Waals surface area contributed by atoms with Crippen LogP contribution in [0.3, 0.4) is 0 Å². The van der Waals surface area contributed by atoms with Crippen molar-refractivity contribution in [2.45, 2.75) is 26.3 Å². The fraction of sp³-hybridized carbons (Fsp3) is 0.875. The Morgan fingerprint density at radius 3 is 3.00 bits per heavy atom. The summed E-state index contributed by atoms with van der Waals surface area (Å²) in [4.78, 5) is 0. The highest BCUT2D eigenvalue weighted by molar-refractivity contribution is 8.00. The van der Waals surface area contributed by atoms with Crippen LogP contribution in [0.15, 0.2) is 0 Å². The van der Waals surface area contributed by atoms with Crippen LogP contribution >= 0.6 is 11.8 Å². The van der Waals surface area contributed by atoms with Crippen LogP contribution in [0, 0.1) is 11.3 Å². The largest absolute Gasteiger partial charge is 0.370 e. The Kier molecular flexibility index (Phi) is 3.24. The van der Waals surface area contributed by atoms with Gasteiger partial charge in [-0.3, -0.25) is 5.41 Å². The highest BCUT2D eigenvalue weighted by atomic mass is 32.2. The van der Waals surface area contributed by atoms with Crippen LogP contribution in [0.4, 0.5) is 0 Å². The van der Waals surface area contributed by atoms with Crippen LogP contribution in [0.5, 0.6) is 0 Å². The van der Waals surface area contributed by atoms with E-state index >= 15 is 0 Å². The van der Waals surface area contributed by atoms with Crippen LogP contribution in [-0.4, -0.2) is 23.4 Å². The first-order valence-corrected chi connectivity index (χ1v) is 5.25. The highest BCUT2D eigenvalue weighted by Crippen LogP contribution is 2.14. The maximum atomic E-state index is 7.43. The van der Waals surface area contributed by atoms with E-state index in [0.717, 1.165) is 11.7 Å². The second-order valence-corrected chi connectivity index (χ2v) is 4.49. The molecular weight excluding hydrogens is 156 g/mol. The molecule has 1 rings (SSSR count). The van der Waals surface area contributed by atoms with Gasteiger partial charge in [0.05, 0.1) is 5.75 Å².